The van der Waals surface area contributed by atoms with Crippen LogP contribution in [-0.2, 0) is 11.2 Å². The number of thioether (sulfide) groups is 1. The fourth-order valence-electron chi connectivity index (χ4n) is 2.54. The number of nitrogen functional groups attached to an aromatic ring is 1. The first-order chi connectivity index (χ1) is 12.7. The summed E-state index contributed by atoms with van der Waals surface area (Å²) >= 11 is 2.92. The van der Waals surface area contributed by atoms with Crippen molar-refractivity contribution < 1.29 is 4.79 Å². The summed E-state index contributed by atoms with van der Waals surface area (Å²) in [5, 5.41) is 14.0. The third-order valence-electron chi connectivity index (χ3n) is 3.82. The smallest absolute Gasteiger partial charge is 0.249 e. The molecule has 0 saturated carbocycles. The van der Waals surface area contributed by atoms with Crippen LogP contribution in [0.25, 0.3) is 0 Å². The Morgan fingerprint density at radius 2 is 2.15 bits per heavy atom. The molecule has 0 aliphatic heterocycles. The van der Waals surface area contributed by atoms with Gasteiger partial charge in [-0.1, -0.05) is 49.0 Å². The molecule has 26 heavy (non-hydrogen) atoms. The standard InChI is InChI=1S/C17H20N6OS2/c1-2-13(14(24)20-16-19-9-11-25-16)23-15(18)21-22-17(23)26-10-8-12-6-4-3-5-7-12/h3-7,9,11,13H,2,8,10H2,1H3,(H2,18,21)(H,19,20,24). The molecule has 0 aliphatic rings. The van der Waals surface area contributed by atoms with Crippen LogP contribution in [0.3, 0.4) is 0 Å². The van der Waals surface area contributed by atoms with Gasteiger partial charge in [-0.2, -0.15) is 0 Å². The van der Waals surface area contributed by atoms with Crippen LogP contribution >= 0.6 is 23.1 Å². The molecule has 1 aromatic carbocycles. The van der Waals surface area contributed by atoms with Gasteiger partial charge in [-0.3, -0.25) is 9.36 Å². The first-order valence-electron chi connectivity index (χ1n) is 8.26. The maximum absolute atomic E-state index is 12.7. The highest BCUT2D eigenvalue weighted by molar-refractivity contribution is 7.99. The van der Waals surface area contributed by atoms with Crippen LogP contribution in [0.4, 0.5) is 11.1 Å². The highest BCUT2D eigenvalue weighted by Gasteiger charge is 2.25. The summed E-state index contributed by atoms with van der Waals surface area (Å²) in [6.07, 6.45) is 3.13. The van der Waals surface area contributed by atoms with Crippen LogP contribution in [0.1, 0.15) is 24.9 Å². The first kappa shape index (κ1) is 18.4. The topological polar surface area (TPSA) is 98.7 Å². The van der Waals surface area contributed by atoms with Gasteiger partial charge in [0.1, 0.15) is 6.04 Å². The Balaban J connectivity index is 1.69. The molecule has 9 heteroatoms. The van der Waals surface area contributed by atoms with Crippen LogP contribution in [-0.4, -0.2) is 31.4 Å². The lowest BCUT2D eigenvalue weighted by Crippen LogP contribution is -2.27. The number of aromatic nitrogens is 4. The Bertz CT molecular complexity index is 834. The molecule has 1 atom stereocenters. The van der Waals surface area contributed by atoms with E-state index in [2.05, 4.69) is 32.6 Å². The molecule has 7 nitrogen and oxygen atoms in total. The van der Waals surface area contributed by atoms with Gasteiger partial charge in [-0.05, 0) is 18.4 Å². The van der Waals surface area contributed by atoms with E-state index in [0.29, 0.717) is 16.7 Å². The molecule has 0 radical (unpaired) electrons. The van der Waals surface area contributed by atoms with E-state index in [-0.39, 0.29) is 11.9 Å². The van der Waals surface area contributed by atoms with Crippen molar-refractivity contribution in [3.8, 4) is 0 Å². The SMILES string of the molecule is CCC(C(=O)Nc1nccs1)n1c(N)nnc1SCCc1ccccc1. The lowest BCUT2D eigenvalue weighted by Gasteiger charge is -2.18. The van der Waals surface area contributed by atoms with Crippen molar-refractivity contribution in [2.24, 2.45) is 0 Å². The van der Waals surface area contributed by atoms with Crippen LogP contribution in [0, 0.1) is 0 Å². The second kappa shape index (κ2) is 8.81. The predicted molar refractivity (Wildman–Crippen MR) is 105 cm³/mol. The largest absolute Gasteiger partial charge is 0.368 e. The van der Waals surface area contributed by atoms with Gasteiger partial charge in [0.25, 0.3) is 0 Å². The van der Waals surface area contributed by atoms with E-state index < -0.39 is 6.04 Å². The van der Waals surface area contributed by atoms with Gasteiger partial charge < -0.3 is 11.1 Å². The molecular weight excluding hydrogens is 368 g/mol. The molecule has 2 heterocycles. The van der Waals surface area contributed by atoms with Crippen LogP contribution in [0.5, 0.6) is 0 Å². The molecule has 1 unspecified atom stereocenters. The van der Waals surface area contributed by atoms with Crippen molar-refractivity contribution in [1.29, 1.82) is 0 Å². The lowest BCUT2D eigenvalue weighted by atomic mass is 10.2. The van der Waals surface area contributed by atoms with Gasteiger partial charge in [0.2, 0.25) is 11.9 Å². The Morgan fingerprint density at radius 1 is 1.35 bits per heavy atom. The number of thiazole rings is 1. The number of carbonyl (C=O) groups excluding carboxylic acids is 1. The van der Waals surface area contributed by atoms with Crippen molar-refractivity contribution in [3.05, 3.63) is 47.5 Å². The van der Waals surface area contributed by atoms with Gasteiger partial charge in [0.15, 0.2) is 10.3 Å². The van der Waals surface area contributed by atoms with E-state index in [9.17, 15) is 4.79 Å². The molecule has 3 N–H and O–H groups in total. The number of hydrogen-bond acceptors (Lipinski definition) is 7. The first-order valence-corrected chi connectivity index (χ1v) is 10.1. The van der Waals surface area contributed by atoms with Gasteiger partial charge >= 0.3 is 0 Å². The number of rotatable bonds is 8. The lowest BCUT2D eigenvalue weighted by molar-refractivity contribution is -0.119. The van der Waals surface area contributed by atoms with Gasteiger partial charge in [0.05, 0.1) is 0 Å². The summed E-state index contributed by atoms with van der Waals surface area (Å²) < 4.78 is 1.71. The maximum atomic E-state index is 12.7. The van der Waals surface area contributed by atoms with Gasteiger partial charge in [-0.25, -0.2) is 4.98 Å². The minimum atomic E-state index is -0.479. The molecule has 3 rings (SSSR count). The molecule has 0 aliphatic carbocycles. The Morgan fingerprint density at radius 3 is 2.85 bits per heavy atom. The zero-order chi connectivity index (χ0) is 18.4. The second-order valence-electron chi connectivity index (χ2n) is 5.55. The van der Waals surface area contributed by atoms with E-state index >= 15 is 0 Å². The molecule has 0 spiro atoms. The quantitative estimate of drug-likeness (QED) is 0.575. The monoisotopic (exact) mass is 388 g/mol. The van der Waals surface area contributed by atoms with Crippen molar-refractivity contribution in [2.75, 3.05) is 16.8 Å². The van der Waals surface area contributed by atoms with Crippen molar-refractivity contribution in [2.45, 2.75) is 31.0 Å². The summed E-state index contributed by atoms with van der Waals surface area (Å²) in [4.78, 5) is 16.7. The van der Waals surface area contributed by atoms with Crippen molar-refractivity contribution >= 4 is 40.1 Å². The van der Waals surface area contributed by atoms with E-state index in [1.165, 1.54) is 16.9 Å². The van der Waals surface area contributed by atoms with E-state index in [0.717, 1.165) is 12.2 Å². The molecule has 1 amide bonds. The number of hydrogen-bond donors (Lipinski definition) is 2. The number of carbonyl (C=O) groups is 1. The molecule has 0 fully saturated rings. The number of anilines is 2. The van der Waals surface area contributed by atoms with E-state index in [1.807, 2.05) is 30.5 Å². The summed E-state index contributed by atoms with van der Waals surface area (Å²) in [5.41, 5.74) is 7.25. The van der Waals surface area contributed by atoms with Crippen LogP contribution in [0.2, 0.25) is 0 Å². The van der Waals surface area contributed by atoms with Crippen molar-refractivity contribution in [1.82, 2.24) is 19.7 Å². The van der Waals surface area contributed by atoms with Gasteiger partial charge in [-0.15, -0.1) is 21.5 Å². The molecule has 136 valence electrons. The number of nitrogens with one attached hydrogen (secondary N) is 1. The Hall–Kier alpha value is -2.39. The van der Waals surface area contributed by atoms with Crippen LogP contribution in [0.15, 0.2) is 47.1 Å². The zero-order valence-corrected chi connectivity index (χ0v) is 16.0. The number of aryl methyl sites for hydroxylation is 1. The fourth-order valence-corrected chi connectivity index (χ4v) is 4.05. The average molecular weight is 389 g/mol. The highest BCUT2D eigenvalue weighted by Crippen LogP contribution is 2.27. The number of benzene rings is 1. The third kappa shape index (κ3) is 4.41. The Kier molecular flexibility index (Phi) is 6.24. The number of amides is 1. The Labute approximate surface area is 160 Å². The minimum Gasteiger partial charge on any atom is -0.368 e. The summed E-state index contributed by atoms with van der Waals surface area (Å²) in [6.45, 7) is 1.93. The number of nitrogens with two attached hydrogens (primary N) is 1. The van der Waals surface area contributed by atoms with E-state index in [1.54, 1.807) is 22.5 Å². The number of nitrogens with zero attached hydrogens (tertiary/aromatic N) is 4. The fraction of sp³-hybridized carbons (Fsp3) is 0.294. The molecule has 0 saturated heterocycles. The summed E-state index contributed by atoms with van der Waals surface area (Å²) in [5.74, 6) is 0.902. The molecule has 0 bridgehead atoms. The average Bonchev–Trinajstić information content (AvgIpc) is 3.28. The van der Waals surface area contributed by atoms with E-state index in [4.69, 9.17) is 5.73 Å². The second-order valence-corrected chi connectivity index (χ2v) is 7.50. The summed E-state index contributed by atoms with van der Waals surface area (Å²) in [6, 6.07) is 9.76. The third-order valence-corrected chi connectivity index (χ3v) is 5.45. The zero-order valence-electron chi connectivity index (χ0n) is 14.3. The van der Waals surface area contributed by atoms with Crippen LogP contribution < -0.4 is 11.1 Å². The highest BCUT2D eigenvalue weighted by atomic mass is 32.2. The molecule has 2 aromatic heterocycles. The summed E-state index contributed by atoms with van der Waals surface area (Å²) in [7, 11) is 0. The normalized spacial score (nSPS) is 12.0. The van der Waals surface area contributed by atoms with Crippen molar-refractivity contribution in [3.63, 3.8) is 0 Å². The molecular formula is C17H20N6OS2. The van der Waals surface area contributed by atoms with Gasteiger partial charge in [0, 0.05) is 17.3 Å². The minimum absolute atomic E-state index is 0.168. The molecule has 3 aromatic rings. The maximum Gasteiger partial charge on any atom is 0.249 e. The predicted octanol–water partition coefficient (Wildman–Crippen LogP) is 3.24.